The van der Waals surface area contributed by atoms with E-state index in [2.05, 4.69) is 21.2 Å². The van der Waals surface area contributed by atoms with E-state index >= 15 is 0 Å². The van der Waals surface area contributed by atoms with E-state index in [1.54, 1.807) is 0 Å². The normalized spacial score (nSPS) is 10.9. The van der Waals surface area contributed by atoms with Crippen LogP contribution in [0, 0.1) is 5.41 Å². The first-order valence-electron chi connectivity index (χ1n) is 5.28. The van der Waals surface area contributed by atoms with Gasteiger partial charge in [-0.05, 0) is 34.1 Å². The van der Waals surface area contributed by atoms with Gasteiger partial charge in [0, 0.05) is 11.5 Å². The van der Waals surface area contributed by atoms with Gasteiger partial charge in [0.15, 0.2) is 5.96 Å². The first-order valence-corrected chi connectivity index (χ1v) is 7.62. The van der Waals surface area contributed by atoms with Crippen molar-refractivity contribution in [1.82, 2.24) is 4.90 Å². The van der Waals surface area contributed by atoms with Crippen molar-refractivity contribution in [3.05, 3.63) is 22.7 Å². The van der Waals surface area contributed by atoms with E-state index in [-0.39, 0.29) is 17.4 Å². The molecule has 0 aliphatic heterocycles. The van der Waals surface area contributed by atoms with Gasteiger partial charge in [-0.1, -0.05) is 0 Å². The summed E-state index contributed by atoms with van der Waals surface area (Å²) in [6.45, 7) is -0.0985. The maximum atomic E-state index is 11.7. The van der Waals surface area contributed by atoms with Crippen LogP contribution < -0.4 is 16.2 Å². The van der Waals surface area contributed by atoms with E-state index in [1.807, 2.05) is 0 Å². The molecular weight excluding hydrogens is 350 g/mol. The number of sulfonamides is 1. The lowest BCUT2D eigenvalue weighted by Crippen LogP contribution is -2.38. The van der Waals surface area contributed by atoms with E-state index in [9.17, 15) is 13.2 Å². The molecule has 0 unspecified atom stereocenters. The summed E-state index contributed by atoms with van der Waals surface area (Å²) in [5.41, 5.74) is 5.60. The van der Waals surface area contributed by atoms with Crippen molar-refractivity contribution in [3.63, 3.8) is 0 Å². The number of nitrogens with two attached hydrogens (primary N) is 2. The van der Waals surface area contributed by atoms with Crippen LogP contribution in [0.4, 0.5) is 5.69 Å². The van der Waals surface area contributed by atoms with Gasteiger partial charge in [0.05, 0.1) is 17.1 Å². The third kappa shape index (κ3) is 4.47. The smallest absolute Gasteiger partial charge is 0.244 e. The molecule has 0 bridgehead atoms. The fraction of sp³-hybridized carbons (Fsp3) is 0.200. The molecule has 1 aromatic carbocycles. The first-order chi connectivity index (χ1) is 9.11. The van der Waals surface area contributed by atoms with Crippen LogP contribution in [-0.2, 0) is 14.8 Å². The summed E-state index contributed by atoms with van der Waals surface area (Å²) in [6, 6.07) is 3.99. The van der Waals surface area contributed by atoms with Gasteiger partial charge >= 0.3 is 0 Å². The third-order valence-electron chi connectivity index (χ3n) is 2.34. The second-order valence-electron chi connectivity index (χ2n) is 3.98. The summed E-state index contributed by atoms with van der Waals surface area (Å²) >= 11 is 3.15. The van der Waals surface area contributed by atoms with E-state index in [4.69, 9.17) is 16.3 Å². The van der Waals surface area contributed by atoms with Crippen molar-refractivity contribution >= 4 is 43.5 Å². The summed E-state index contributed by atoms with van der Waals surface area (Å²) < 4.78 is 22.7. The van der Waals surface area contributed by atoms with Gasteiger partial charge in [-0.15, -0.1) is 0 Å². The number of amides is 1. The molecule has 0 atom stereocenters. The molecule has 110 valence electrons. The Bertz CT molecular complexity index is 646. The monoisotopic (exact) mass is 363 g/mol. The number of carbonyl (C=O) groups is 1. The highest BCUT2D eigenvalue weighted by molar-refractivity contribution is 9.10. The molecule has 0 heterocycles. The predicted molar refractivity (Wildman–Crippen MR) is 78.7 cm³/mol. The Labute approximate surface area is 124 Å². The number of hydrogen-bond donors (Lipinski definition) is 4. The lowest BCUT2D eigenvalue weighted by molar-refractivity contribution is -0.116. The number of carbonyl (C=O) groups excluding carboxylic acids is 1. The second-order valence-corrected chi connectivity index (χ2v) is 6.39. The Morgan fingerprint density at radius 2 is 2.10 bits per heavy atom. The molecule has 8 nitrogen and oxygen atoms in total. The number of anilines is 1. The number of hydrogen-bond acceptors (Lipinski definition) is 4. The molecule has 0 radical (unpaired) electrons. The number of guanidine groups is 1. The fourth-order valence-corrected chi connectivity index (χ4v) is 2.43. The highest BCUT2D eigenvalue weighted by atomic mass is 79.9. The summed E-state index contributed by atoms with van der Waals surface area (Å²) in [6.07, 6.45) is 0. The van der Waals surface area contributed by atoms with Crippen LogP contribution in [-0.4, -0.2) is 38.8 Å². The summed E-state index contributed by atoms with van der Waals surface area (Å²) in [5.74, 6) is -0.629. The minimum Gasteiger partial charge on any atom is -0.370 e. The maximum Gasteiger partial charge on any atom is 0.244 e. The van der Waals surface area contributed by atoms with Gasteiger partial charge in [-0.25, -0.2) is 13.6 Å². The second kappa shape index (κ2) is 6.20. The topological polar surface area (TPSA) is 142 Å². The van der Waals surface area contributed by atoms with Gasteiger partial charge in [-0.3, -0.25) is 10.2 Å². The van der Waals surface area contributed by atoms with Gasteiger partial charge in [-0.2, -0.15) is 0 Å². The van der Waals surface area contributed by atoms with Gasteiger partial charge in [0.2, 0.25) is 15.9 Å². The number of likely N-dealkylation sites (N-methyl/N-ethyl adjacent to an activating group) is 1. The number of nitrogens with one attached hydrogen (secondary N) is 2. The Morgan fingerprint density at radius 3 is 2.55 bits per heavy atom. The molecule has 0 aliphatic carbocycles. The Balaban J connectivity index is 2.84. The Morgan fingerprint density at radius 1 is 1.50 bits per heavy atom. The SMILES string of the molecule is CN(CC(=O)Nc1ccc(S(N)(=O)=O)cc1Br)C(=N)N. The quantitative estimate of drug-likeness (QED) is 0.434. The van der Waals surface area contributed by atoms with Crippen LogP contribution in [0.1, 0.15) is 0 Å². The van der Waals surface area contributed by atoms with Crippen LogP contribution in [0.2, 0.25) is 0 Å². The van der Waals surface area contributed by atoms with Gasteiger partial charge in [0.25, 0.3) is 0 Å². The van der Waals surface area contributed by atoms with Crippen molar-refractivity contribution in [1.29, 1.82) is 5.41 Å². The molecule has 0 fully saturated rings. The number of rotatable bonds is 4. The predicted octanol–water partition coefficient (Wildman–Crippen LogP) is -0.140. The number of nitrogens with zero attached hydrogens (tertiary/aromatic N) is 1. The van der Waals surface area contributed by atoms with Crippen molar-refractivity contribution in [2.24, 2.45) is 10.9 Å². The van der Waals surface area contributed by atoms with Crippen molar-refractivity contribution in [3.8, 4) is 0 Å². The van der Waals surface area contributed by atoms with E-state index in [0.717, 1.165) is 0 Å². The molecule has 10 heteroatoms. The average molecular weight is 364 g/mol. The molecule has 20 heavy (non-hydrogen) atoms. The lowest BCUT2D eigenvalue weighted by Gasteiger charge is -2.16. The van der Waals surface area contributed by atoms with Crippen LogP contribution in [0.15, 0.2) is 27.6 Å². The Kier molecular flexibility index (Phi) is 5.09. The minimum atomic E-state index is -3.80. The van der Waals surface area contributed by atoms with Gasteiger partial charge < -0.3 is 16.0 Å². The molecule has 0 aliphatic rings. The summed E-state index contributed by atoms with van der Waals surface area (Å²) in [7, 11) is -2.30. The molecule has 0 spiro atoms. The third-order valence-corrected chi connectivity index (χ3v) is 3.90. The number of primary sulfonamides is 1. The van der Waals surface area contributed by atoms with Crippen LogP contribution in [0.5, 0.6) is 0 Å². The number of benzene rings is 1. The minimum absolute atomic E-state index is 0.0665. The molecule has 1 aromatic rings. The highest BCUT2D eigenvalue weighted by Gasteiger charge is 2.13. The molecule has 0 aromatic heterocycles. The van der Waals surface area contributed by atoms with Crippen LogP contribution in [0.25, 0.3) is 0 Å². The molecule has 1 amide bonds. The van der Waals surface area contributed by atoms with Crippen LogP contribution >= 0.6 is 15.9 Å². The molecule has 0 saturated heterocycles. The molecular formula is C10H14BrN5O3S. The average Bonchev–Trinajstić information content (AvgIpc) is 2.30. The van der Waals surface area contributed by atoms with Crippen molar-refractivity contribution in [2.45, 2.75) is 4.90 Å². The zero-order valence-corrected chi connectivity index (χ0v) is 13.0. The molecule has 1 rings (SSSR count). The standard InChI is InChI=1S/C10H14BrN5O3S/c1-16(10(12)13)5-9(17)15-8-3-2-6(4-7(8)11)20(14,18)19/h2-4H,5H2,1H3,(H3,12,13)(H,15,17)(H2,14,18,19). The van der Waals surface area contributed by atoms with E-state index in [0.29, 0.717) is 10.2 Å². The zero-order valence-electron chi connectivity index (χ0n) is 10.6. The fourth-order valence-electron chi connectivity index (χ4n) is 1.26. The number of halogens is 1. The molecule has 6 N–H and O–H groups in total. The zero-order chi connectivity index (χ0) is 15.5. The lowest BCUT2D eigenvalue weighted by atomic mass is 10.3. The molecule has 0 saturated carbocycles. The Hall–Kier alpha value is -1.65. The van der Waals surface area contributed by atoms with Crippen LogP contribution in [0.3, 0.4) is 0 Å². The van der Waals surface area contributed by atoms with Crippen molar-refractivity contribution < 1.29 is 13.2 Å². The van der Waals surface area contributed by atoms with E-state index < -0.39 is 15.9 Å². The van der Waals surface area contributed by atoms with Gasteiger partial charge in [0.1, 0.15) is 0 Å². The largest absolute Gasteiger partial charge is 0.370 e. The van der Waals surface area contributed by atoms with Crippen molar-refractivity contribution in [2.75, 3.05) is 18.9 Å². The first kappa shape index (κ1) is 16.4. The summed E-state index contributed by atoms with van der Waals surface area (Å²) in [5, 5.41) is 14.7. The summed E-state index contributed by atoms with van der Waals surface area (Å²) in [4.78, 5) is 12.9. The highest BCUT2D eigenvalue weighted by Crippen LogP contribution is 2.25. The van der Waals surface area contributed by atoms with E-state index in [1.165, 1.54) is 30.1 Å². The maximum absolute atomic E-state index is 11.7.